The molecule has 3 heterocycles. The van der Waals surface area contributed by atoms with Crippen molar-refractivity contribution in [2.75, 3.05) is 37.7 Å². The lowest BCUT2D eigenvalue weighted by atomic mass is 9.92. The van der Waals surface area contributed by atoms with Crippen LogP contribution in [-0.4, -0.2) is 58.8 Å². The number of halogens is 1. The van der Waals surface area contributed by atoms with E-state index in [0.717, 1.165) is 80.1 Å². The van der Waals surface area contributed by atoms with Crippen molar-refractivity contribution in [2.24, 2.45) is 11.7 Å². The smallest absolute Gasteiger partial charge is 0.225 e. The molecule has 34 heavy (non-hydrogen) atoms. The normalized spacial score (nSPS) is 20.6. The Bertz CT molecular complexity index is 910. The molecule has 0 saturated carbocycles. The molecule has 1 unspecified atom stereocenters. The van der Waals surface area contributed by atoms with Crippen LogP contribution < -0.4 is 15.4 Å². The Hall–Kier alpha value is -1.93. The summed E-state index contributed by atoms with van der Waals surface area (Å²) in [4.78, 5) is 13.1. The van der Waals surface area contributed by atoms with Crippen molar-refractivity contribution < 1.29 is 9.84 Å². The number of aromatic nitrogens is 2. The molecule has 2 aliphatic rings. The number of likely N-dealkylation sites (tertiary alicyclic amines) is 1. The van der Waals surface area contributed by atoms with Crippen molar-refractivity contribution in [3.63, 3.8) is 0 Å². The second-order valence-electron chi connectivity index (χ2n) is 9.74. The quantitative estimate of drug-likeness (QED) is 0.511. The summed E-state index contributed by atoms with van der Waals surface area (Å²) in [5.74, 6) is 2.37. The number of anilines is 1. The van der Waals surface area contributed by atoms with Crippen LogP contribution in [0.2, 0.25) is 5.02 Å². The number of hydrogen-bond donors (Lipinski definition) is 2. The lowest BCUT2D eigenvalue weighted by molar-refractivity contribution is -0.00590. The lowest BCUT2D eigenvalue weighted by Crippen LogP contribution is -2.38. The molecule has 8 heteroatoms. The van der Waals surface area contributed by atoms with E-state index in [1.54, 1.807) is 12.4 Å². The first-order chi connectivity index (χ1) is 16.5. The minimum absolute atomic E-state index is 0.260. The van der Waals surface area contributed by atoms with Gasteiger partial charge in [-0.15, -0.1) is 0 Å². The molecule has 0 bridgehead atoms. The van der Waals surface area contributed by atoms with Gasteiger partial charge in [0, 0.05) is 37.8 Å². The summed E-state index contributed by atoms with van der Waals surface area (Å²) >= 11 is 5.89. The van der Waals surface area contributed by atoms with Crippen molar-refractivity contribution in [1.82, 2.24) is 14.9 Å². The highest BCUT2D eigenvalue weighted by Gasteiger charge is 2.31. The third kappa shape index (κ3) is 6.00. The van der Waals surface area contributed by atoms with Crippen LogP contribution >= 0.6 is 11.6 Å². The van der Waals surface area contributed by atoms with E-state index in [1.807, 2.05) is 0 Å². The van der Waals surface area contributed by atoms with Gasteiger partial charge in [-0.2, -0.15) is 0 Å². The Morgan fingerprint density at radius 2 is 1.79 bits per heavy atom. The molecule has 2 aliphatic heterocycles. The van der Waals surface area contributed by atoms with E-state index in [-0.39, 0.29) is 6.04 Å². The van der Waals surface area contributed by atoms with Gasteiger partial charge in [0.1, 0.15) is 12.0 Å². The number of rotatable bonds is 9. The first-order valence-electron chi connectivity index (χ1n) is 12.6. The van der Waals surface area contributed by atoms with E-state index >= 15 is 0 Å². The average molecular weight is 488 g/mol. The van der Waals surface area contributed by atoms with Crippen molar-refractivity contribution in [1.29, 1.82) is 0 Å². The van der Waals surface area contributed by atoms with Gasteiger partial charge in [-0.3, -0.25) is 4.90 Å². The summed E-state index contributed by atoms with van der Waals surface area (Å²) in [6.45, 7) is 8.28. The van der Waals surface area contributed by atoms with Crippen LogP contribution in [0.5, 0.6) is 5.75 Å². The van der Waals surface area contributed by atoms with Gasteiger partial charge in [0.25, 0.3) is 0 Å². The summed E-state index contributed by atoms with van der Waals surface area (Å²) in [5.41, 5.74) is 9.05. The minimum atomic E-state index is -0.603. The molecule has 186 valence electrons. The number of piperidine rings is 1. The fraction of sp³-hybridized carbons (Fsp3) is 0.615. The highest BCUT2D eigenvalue weighted by atomic mass is 35.5. The van der Waals surface area contributed by atoms with E-state index in [4.69, 9.17) is 22.1 Å². The molecule has 1 aromatic carbocycles. The lowest BCUT2D eigenvalue weighted by Gasteiger charge is -2.32. The van der Waals surface area contributed by atoms with Crippen molar-refractivity contribution >= 4 is 17.5 Å². The summed E-state index contributed by atoms with van der Waals surface area (Å²) < 4.78 is 6.10. The van der Waals surface area contributed by atoms with Gasteiger partial charge in [-0.1, -0.05) is 11.6 Å². The molecule has 2 aromatic rings. The summed E-state index contributed by atoms with van der Waals surface area (Å²) in [5, 5.41) is 11.6. The third-order valence-corrected chi connectivity index (χ3v) is 7.56. The molecule has 7 nitrogen and oxygen atoms in total. The Morgan fingerprint density at radius 3 is 2.44 bits per heavy atom. The van der Waals surface area contributed by atoms with E-state index in [9.17, 15) is 5.11 Å². The molecule has 0 spiro atoms. The molecular weight excluding hydrogens is 450 g/mol. The third-order valence-electron chi connectivity index (χ3n) is 7.36. The monoisotopic (exact) mass is 487 g/mol. The summed E-state index contributed by atoms with van der Waals surface area (Å²) in [6.07, 6.45) is 9.37. The van der Waals surface area contributed by atoms with E-state index < -0.39 is 6.23 Å². The maximum absolute atomic E-state index is 11.0. The fourth-order valence-corrected chi connectivity index (χ4v) is 5.57. The van der Waals surface area contributed by atoms with Crippen LogP contribution in [-0.2, 0) is 0 Å². The average Bonchev–Trinajstić information content (AvgIpc) is 3.31. The Balaban J connectivity index is 1.23. The first kappa shape index (κ1) is 25.2. The van der Waals surface area contributed by atoms with Crippen molar-refractivity contribution in [3.05, 3.63) is 46.2 Å². The second-order valence-corrected chi connectivity index (χ2v) is 10.2. The van der Waals surface area contributed by atoms with Crippen LogP contribution in [0, 0.1) is 19.8 Å². The molecule has 0 aliphatic carbocycles. The largest absolute Gasteiger partial charge is 0.494 e. The topological polar surface area (TPSA) is 87.7 Å². The maximum Gasteiger partial charge on any atom is 0.225 e. The number of aliphatic hydroxyl groups excluding tert-OH is 1. The van der Waals surface area contributed by atoms with Gasteiger partial charge in [0.2, 0.25) is 5.95 Å². The number of nitrogens with two attached hydrogens (primary N) is 1. The van der Waals surface area contributed by atoms with Gasteiger partial charge in [-0.25, -0.2) is 9.97 Å². The Morgan fingerprint density at radius 1 is 1.12 bits per heavy atom. The molecule has 3 N–H and O–H groups in total. The van der Waals surface area contributed by atoms with E-state index in [0.29, 0.717) is 24.1 Å². The van der Waals surface area contributed by atoms with E-state index in [1.165, 1.54) is 6.42 Å². The molecule has 4 rings (SSSR count). The van der Waals surface area contributed by atoms with Crippen molar-refractivity contribution in [3.8, 4) is 5.75 Å². The number of benzene rings is 1. The van der Waals surface area contributed by atoms with Crippen LogP contribution in [0.3, 0.4) is 0 Å². The van der Waals surface area contributed by atoms with Crippen LogP contribution in [0.15, 0.2) is 24.5 Å². The highest BCUT2D eigenvalue weighted by Crippen LogP contribution is 2.33. The standard InChI is InChI=1S/C26H38ClN5O2/c1-18-13-23(14-19(2)24(18)25(33)32-9-3-6-22(32)15-28)34-12-4-5-20-7-10-31(11-8-20)26-29-16-21(27)17-30-26/h13-14,16-17,20,22,25,33H,3-12,15,28H2,1-2H3/t22-,25?/m0/s1. The van der Waals surface area contributed by atoms with Crippen LogP contribution in [0.25, 0.3) is 0 Å². The number of hydrogen-bond acceptors (Lipinski definition) is 7. The maximum atomic E-state index is 11.0. The minimum Gasteiger partial charge on any atom is -0.494 e. The van der Waals surface area contributed by atoms with Gasteiger partial charge in [0.05, 0.1) is 24.0 Å². The molecule has 2 saturated heterocycles. The molecule has 2 fully saturated rings. The second kappa shape index (κ2) is 11.7. The fourth-order valence-electron chi connectivity index (χ4n) is 5.48. The van der Waals surface area contributed by atoms with Gasteiger partial charge in [0.15, 0.2) is 0 Å². The summed E-state index contributed by atoms with van der Waals surface area (Å²) in [7, 11) is 0. The number of aliphatic hydroxyl groups is 1. The van der Waals surface area contributed by atoms with Gasteiger partial charge < -0.3 is 20.5 Å². The van der Waals surface area contributed by atoms with Gasteiger partial charge >= 0.3 is 0 Å². The Kier molecular flexibility index (Phi) is 8.64. The zero-order chi connectivity index (χ0) is 24.1. The predicted molar refractivity (Wildman–Crippen MR) is 136 cm³/mol. The predicted octanol–water partition coefficient (Wildman–Crippen LogP) is 4.24. The molecule has 0 radical (unpaired) electrons. The molecule has 0 amide bonds. The SMILES string of the molecule is Cc1cc(OCCCC2CCN(c3ncc(Cl)cn3)CC2)cc(C)c1C(O)N1CCC[C@H]1CN. The zero-order valence-electron chi connectivity index (χ0n) is 20.4. The van der Waals surface area contributed by atoms with Gasteiger partial charge in [-0.05, 0) is 81.5 Å². The number of nitrogens with zero attached hydrogens (tertiary/aromatic N) is 4. The van der Waals surface area contributed by atoms with Crippen LogP contribution in [0.1, 0.15) is 61.4 Å². The van der Waals surface area contributed by atoms with Crippen LogP contribution in [0.4, 0.5) is 5.95 Å². The summed E-state index contributed by atoms with van der Waals surface area (Å²) in [6, 6.07) is 4.38. The Labute approximate surface area is 208 Å². The molecule has 1 aromatic heterocycles. The number of aryl methyl sites for hydroxylation is 2. The molecular formula is C26H38ClN5O2. The van der Waals surface area contributed by atoms with Crippen molar-refractivity contribution in [2.45, 2.75) is 64.6 Å². The molecule has 2 atom stereocenters. The van der Waals surface area contributed by atoms with E-state index in [2.05, 4.69) is 45.7 Å². The number of ether oxygens (including phenoxy) is 1. The zero-order valence-corrected chi connectivity index (χ0v) is 21.2. The highest BCUT2D eigenvalue weighted by molar-refractivity contribution is 6.30. The first-order valence-corrected chi connectivity index (χ1v) is 12.9.